The Kier molecular flexibility index (Phi) is 5.54. The number of ether oxygens (including phenoxy) is 2. The van der Waals surface area contributed by atoms with Crippen LogP contribution in [-0.2, 0) is 19.1 Å². The van der Waals surface area contributed by atoms with Crippen molar-refractivity contribution in [1.29, 1.82) is 0 Å². The van der Waals surface area contributed by atoms with Gasteiger partial charge in [0.2, 0.25) is 11.8 Å². The maximum atomic E-state index is 12.8. The van der Waals surface area contributed by atoms with Crippen molar-refractivity contribution in [2.24, 2.45) is 11.8 Å². The zero-order valence-corrected chi connectivity index (χ0v) is 14.0. The number of likely N-dealkylation sites (tertiary alicyclic amines) is 2. The predicted molar refractivity (Wildman–Crippen MR) is 84.6 cm³/mol. The number of hydrogen-bond acceptors (Lipinski definition) is 4. The summed E-state index contributed by atoms with van der Waals surface area (Å²) in [6.07, 6.45) is 4.18. The maximum absolute atomic E-state index is 12.8. The molecule has 0 bridgehead atoms. The standard InChI is InChI=1S/C17H28N2O4/c1-2-15(20)19-7-3-4-14(12-19)16(21)18-8-5-13(6-9-18)17-22-10-11-23-17/h13-14,17H,2-12H2,1H3. The van der Waals surface area contributed by atoms with Crippen molar-refractivity contribution in [3.63, 3.8) is 0 Å². The van der Waals surface area contributed by atoms with E-state index in [0.717, 1.165) is 45.3 Å². The number of rotatable bonds is 3. The summed E-state index contributed by atoms with van der Waals surface area (Å²) in [7, 11) is 0. The van der Waals surface area contributed by atoms with E-state index >= 15 is 0 Å². The molecule has 0 radical (unpaired) electrons. The second kappa shape index (κ2) is 7.62. The second-order valence-corrected chi connectivity index (χ2v) is 6.81. The quantitative estimate of drug-likeness (QED) is 0.784. The van der Waals surface area contributed by atoms with Crippen LogP contribution in [0.4, 0.5) is 0 Å². The van der Waals surface area contributed by atoms with Crippen LogP contribution in [0, 0.1) is 11.8 Å². The van der Waals surface area contributed by atoms with Gasteiger partial charge in [-0.25, -0.2) is 0 Å². The van der Waals surface area contributed by atoms with Gasteiger partial charge in [0.05, 0.1) is 19.1 Å². The first-order valence-corrected chi connectivity index (χ1v) is 8.98. The van der Waals surface area contributed by atoms with Gasteiger partial charge >= 0.3 is 0 Å². The van der Waals surface area contributed by atoms with Gasteiger partial charge in [0.25, 0.3) is 0 Å². The molecule has 0 aliphatic carbocycles. The molecule has 0 saturated carbocycles. The summed E-state index contributed by atoms with van der Waals surface area (Å²) < 4.78 is 11.2. The third kappa shape index (κ3) is 3.86. The normalized spacial score (nSPS) is 27.4. The highest BCUT2D eigenvalue weighted by molar-refractivity contribution is 5.81. The molecular formula is C17H28N2O4. The Morgan fingerprint density at radius 2 is 1.70 bits per heavy atom. The van der Waals surface area contributed by atoms with Gasteiger partial charge in [-0.05, 0) is 25.7 Å². The molecule has 3 fully saturated rings. The highest BCUT2D eigenvalue weighted by Crippen LogP contribution is 2.28. The summed E-state index contributed by atoms with van der Waals surface area (Å²) in [5.41, 5.74) is 0. The molecule has 3 saturated heterocycles. The lowest BCUT2D eigenvalue weighted by Gasteiger charge is -2.38. The minimum absolute atomic E-state index is 0.0187. The summed E-state index contributed by atoms with van der Waals surface area (Å²) in [5.74, 6) is 0.780. The molecule has 3 heterocycles. The van der Waals surface area contributed by atoms with Crippen molar-refractivity contribution in [3.05, 3.63) is 0 Å². The number of amides is 2. The van der Waals surface area contributed by atoms with Crippen LogP contribution in [0.5, 0.6) is 0 Å². The van der Waals surface area contributed by atoms with Gasteiger partial charge in [0.1, 0.15) is 0 Å². The second-order valence-electron chi connectivity index (χ2n) is 6.81. The van der Waals surface area contributed by atoms with Crippen molar-refractivity contribution >= 4 is 11.8 Å². The lowest BCUT2D eigenvalue weighted by molar-refractivity contribution is -0.144. The molecule has 1 atom stereocenters. The van der Waals surface area contributed by atoms with Crippen molar-refractivity contribution in [1.82, 2.24) is 9.80 Å². The van der Waals surface area contributed by atoms with Crippen LogP contribution in [0.15, 0.2) is 0 Å². The molecule has 3 aliphatic rings. The average Bonchev–Trinajstić information content (AvgIpc) is 3.15. The fourth-order valence-electron chi connectivity index (χ4n) is 3.93. The topological polar surface area (TPSA) is 59.1 Å². The van der Waals surface area contributed by atoms with Gasteiger partial charge in [-0.2, -0.15) is 0 Å². The molecule has 0 aromatic rings. The van der Waals surface area contributed by atoms with Crippen LogP contribution in [0.3, 0.4) is 0 Å². The Morgan fingerprint density at radius 3 is 2.35 bits per heavy atom. The van der Waals surface area contributed by atoms with Crippen molar-refractivity contribution in [2.75, 3.05) is 39.4 Å². The number of hydrogen-bond donors (Lipinski definition) is 0. The lowest BCUT2D eigenvalue weighted by Crippen LogP contribution is -2.49. The van der Waals surface area contributed by atoms with E-state index in [1.165, 1.54) is 0 Å². The Labute approximate surface area is 138 Å². The predicted octanol–water partition coefficient (Wildman–Crippen LogP) is 1.25. The van der Waals surface area contributed by atoms with Crippen LogP contribution in [0.2, 0.25) is 0 Å². The highest BCUT2D eigenvalue weighted by atomic mass is 16.7. The largest absolute Gasteiger partial charge is 0.350 e. The third-order valence-electron chi connectivity index (χ3n) is 5.31. The molecule has 6 heteroatoms. The molecule has 3 aliphatic heterocycles. The minimum atomic E-state index is -0.0698. The van der Waals surface area contributed by atoms with Gasteiger partial charge < -0.3 is 19.3 Å². The first-order valence-electron chi connectivity index (χ1n) is 8.98. The van der Waals surface area contributed by atoms with Crippen molar-refractivity contribution in [2.45, 2.75) is 45.3 Å². The van der Waals surface area contributed by atoms with Crippen molar-refractivity contribution < 1.29 is 19.1 Å². The van der Waals surface area contributed by atoms with E-state index in [-0.39, 0.29) is 24.0 Å². The maximum Gasteiger partial charge on any atom is 0.227 e. The van der Waals surface area contributed by atoms with Gasteiger partial charge in [0.15, 0.2) is 6.29 Å². The molecule has 0 spiro atoms. The average molecular weight is 324 g/mol. The van der Waals surface area contributed by atoms with Crippen molar-refractivity contribution in [3.8, 4) is 0 Å². The molecule has 0 aromatic carbocycles. The molecular weight excluding hydrogens is 296 g/mol. The fourth-order valence-corrected chi connectivity index (χ4v) is 3.93. The first-order chi connectivity index (χ1) is 11.2. The number of carbonyl (C=O) groups is 2. The Morgan fingerprint density at radius 1 is 1.00 bits per heavy atom. The van der Waals surface area contributed by atoms with E-state index in [1.807, 2.05) is 16.7 Å². The van der Waals surface area contributed by atoms with E-state index in [4.69, 9.17) is 9.47 Å². The summed E-state index contributed by atoms with van der Waals surface area (Å²) in [5, 5.41) is 0. The lowest BCUT2D eigenvalue weighted by atomic mass is 9.92. The Bertz CT molecular complexity index is 428. The molecule has 3 rings (SSSR count). The Balaban J connectivity index is 1.49. The van der Waals surface area contributed by atoms with Gasteiger partial charge in [-0.3, -0.25) is 9.59 Å². The van der Waals surface area contributed by atoms with Gasteiger partial charge in [0, 0.05) is 38.5 Å². The summed E-state index contributed by atoms with van der Waals surface area (Å²) in [4.78, 5) is 28.5. The number of carbonyl (C=O) groups excluding carboxylic acids is 2. The summed E-state index contributed by atoms with van der Waals surface area (Å²) in [6, 6.07) is 0. The molecule has 0 aromatic heterocycles. The number of piperidine rings is 2. The smallest absolute Gasteiger partial charge is 0.227 e. The molecule has 23 heavy (non-hydrogen) atoms. The van der Waals surface area contributed by atoms with E-state index in [1.54, 1.807) is 0 Å². The van der Waals surface area contributed by atoms with Crippen LogP contribution in [0.25, 0.3) is 0 Å². The molecule has 2 amide bonds. The zero-order valence-electron chi connectivity index (χ0n) is 14.0. The number of nitrogens with zero attached hydrogens (tertiary/aromatic N) is 2. The zero-order chi connectivity index (χ0) is 16.2. The summed E-state index contributed by atoms with van der Waals surface area (Å²) >= 11 is 0. The van der Waals surface area contributed by atoms with E-state index in [0.29, 0.717) is 32.1 Å². The fraction of sp³-hybridized carbons (Fsp3) is 0.882. The van der Waals surface area contributed by atoms with E-state index in [9.17, 15) is 9.59 Å². The van der Waals surface area contributed by atoms with E-state index < -0.39 is 0 Å². The monoisotopic (exact) mass is 324 g/mol. The van der Waals surface area contributed by atoms with Gasteiger partial charge in [-0.15, -0.1) is 0 Å². The SMILES string of the molecule is CCC(=O)N1CCCC(C(=O)N2CCC(C3OCCO3)CC2)C1. The van der Waals surface area contributed by atoms with Crippen LogP contribution < -0.4 is 0 Å². The Hall–Kier alpha value is -1.14. The van der Waals surface area contributed by atoms with Crippen LogP contribution in [0.1, 0.15) is 39.0 Å². The molecule has 130 valence electrons. The third-order valence-corrected chi connectivity index (χ3v) is 5.31. The molecule has 0 N–H and O–H groups in total. The molecule has 1 unspecified atom stereocenters. The van der Waals surface area contributed by atoms with Gasteiger partial charge in [-0.1, -0.05) is 6.92 Å². The first kappa shape index (κ1) is 16.7. The van der Waals surface area contributed by atoms with Crippen LogP contribution in [-0.4, -0.2) is 67.3 Å². The summed E-state index contributed by atoms with van der Waals surface area (Å²) in [6.45, 7) is 6.22. The molecule has 6 nitrogen and oxygen atoms in total. The minimum Gasteiger partial charge on any atom is -0.350 e. The highest BCUT2D eigenvalue weighted by Gasteiger charge is 2.35. The van der Waals surface area contributed by atoms with E-state index in [2.05, 4.69) is 0 Å². The van der Waals surface area contributed by atoms with Crippen LogP contribution >= 0.6 is 0 Å².